The first kappa shape index (κ1) is 12.2. The lowest BCUT2D eigenvalue weighted by Crippen LogP contribution is -2.68. The zero-order valence-corrected chi connectivity index (χ0v) is 10.7. The van der Waals surface area contributed by atoms with Gasteiger partial charge in [-0.15, -0.1) is 0 Å². The minimum Gasteiger partial charge on any atom is -0.494 e. The van der Waals surface area contributed by atoms with Crippen LogP contribution in [0.25, 0.3) is 0 Å². The largest absolute Gasteiger partial charge is 0.494 e. The Morgan fingerprint density at radius 3 is 2.84 bits per heavy atom. The molecule has 1 aromatic carbocycles. The summed E-state index contributed by atoms with van der Waals surface area (Å²) in [6, 6.07) is 4.89. The lowest BCUT2D eigenvalue weighted by molar-refractivity contribution is 0.0594. The third kappa shape index (κ3) is 2.23. The number of amides is 2. The molecule has 0 atom stereocenters. The van der Waals surface area contributed by atoms with Crippen LogP contribution in [0.4, 0.5) is 9.18 Å². The minimum atomic E-state index is -0.342. The number of carbonyl (C=O) groups excluding carboxylic acids is 1. The molecule has 2 aliphatic heterocycles. The van der Waals surface area contributed by atoms with Crippen molar-refractivity contribution in [3.63, 3.8) is 0 Å². The second-order valence-electron chi connectivity index (χ2n) is 5.20. The summed E-state index contributed by atoms with van der Waals surface area (Å²) in [7, 11) is 1.45. The van der Waals surface area contributed by atoms with Gasteiger partial charge in [-0.2, -0.15) is 0 Å². The molecule has 1 spiro atoms. The van der Waals surface area contributed by atoms with Crippen molar-refractivity contribution >= 4 is 6.03 Å². The van der Waals surface area contributed by atoms with Gasteiger partial charge in [0.05, 0.1) is 12.6 Å². The molecule has 2 saturated heterocycles. The quantitative estimate of drug-likeness (QED) is 0.846. The molecule has 0 saturated carbocycles. The predicted molar refractivity (Wildman–Crippen MR) is 67.5 cm³/mol. The van der Waals surface area contributed by atoms with Crippen LogP contribution in [0.15, 0.2) is 18.2 Å². The average molecular weight is 265 g/mol. The van der Waals surface area contributed by atoms with Crippen molar-refractivity contribution in [2.45, 2.75) is 12.1 Å². The van der Waals surface area contributed by atoms with E-state index in [4.69, 9.17) is 4.74 Å². The van der Waals surface area contributed by atoms with Gasteiger partial charge in [0.15, 0.2) is 11.6 Å². The summed E-state index contributed by atoms with van der Waals surface area (Å²) >= 11 is 0. The van der Waals surface area contributed by atoms with Gasteiger partial charge in [0.1, 0.15) is 0 Å². The number of nitrogens with one attached hydrogen (secondary N) is 2. The fraction of sp³-hybridized carbons (Fsp3) is 0.462. The van der Waals surface area contributed by atoms with E-state index in [0.717, 1.165) is 18.7 Å². The van der Waals surface area contributed by atoms with Gasteiger partial charge in [0, 0.05) is 26.2 Å². The molecule has 0 aliphatic carbocycles. The molecule has 2 N–H and O–H groups in total. The van der Waals surface area contributed by atoms with Gasteiger partial charge in [-0.05, 0) is 17.7 Å². The molecule has 3 rings (SSSR count). The Balaban J connectivity index is 1.59. The van der Waals surface area contributed by atoms with E-state index in [1.165, 1.54) is 13.2 Å². The van der Waals surface area contributed by atoms with Crippen molar-refractivity contribution in [1.29, 1.82) is 0 Å². The van der Waals surface area contributed by atoms with Gasteiger partial charge in [-0.25, -0.2) is 9.18 Å². The van der Waals surface area contributed by atoms with E-state index >= 15 is 0 Å². The average Bonchev–Trinajstić information content (AvgIpc) is 2.71. The summed E-state index contributed by atoms with van der Waals surface area (Å²) in [4.78, 5) is 13.3. The van der Waals surface area contributed by atoms with Crippen LogP contribution in [0.1, 0.15) is 5.56 Å². The first-order chi connectivity index (χ1) is 9.10. The van der Waals surface area contributed by atoms with Gasteiger partial charge in [-0.3, -0.25) is 4.90 Å². The highest BCUT2D eigenvalue weighted by atomic mass is 19.1. The smallest absolute Gasteiger partial charge is 0.315 e. The number of halogens is 1. The summed E-state index contributed by atoms with van der Waals surface area (Å²) in [5, 5.41) is 5.69. The van der Waals surface area contributed by atoms with Crippen LogP contribution in [-0.4, -0.2) is 43.2 Å². The molecule has 0 bridgehead atoms. The van der Waals surface area contributed by atoms with E-state index in [1.54, 1.807) is 6.07 Å². The molecule has 102 valence electrons. The molecular formula is C13H16FN3O2. The van der Waals surface area contributed by atoms with E-state index in [-0.39, 0.29) is 23.1 Å². The van der Waals surface area contributed by atoms with E-state index in [9.17, 15) is 9.18 Å². The predicted octanol–water partition coefficient (Wildman–Crippen LogP) is 0.701. The molecule has 2 aliphatic rings. The highest BCUT2D eigenvalue weighted by Crippen LogP contribution is 2.26. The first-order valence-electron chi connectivity index (χ1n) is 6.21. The van der Waals surface area contributed by atoms with Crippen LogP contribution >= 0.6 is 0 Å². The normalized spacial score (nSPS) is 20.8. The maximum Gasteiger partial charge on any atom is 0.315 e. The van der Waals surface area contributed by atoms with Gasteiger partial charge in [0.25, 0.3) is 0 Å². The molecule has 2 heterocycles. The second kappa shape index (κ2) is 4.38. The maximum atomic E-state index is 13.6. The molecular weight excluding hydrogens is 249 g/mol. The molecule has 6 heteroatoms. The minimum absolute atomic E-state index is 0.102. The zero-order chi connectivity index (χ0) is 13.5. The topological polar surface area (TPSA) is 53.6 Å². The molecule has 0 radical (unpaired) electrons. The van der Waals surface area contributed by atoms with Gasteiger partial charge < -0.3 is 15.4 Å². The van der Waals surface area contributed by atoms with Crippen LogP contribution in [0, 0.1) is 5.82 Å². The number of likely N-dealkylation sites (tertiary alicyclic amines) is 1. The van der Waals surface area contributed by atoms with E-state index in [1.807, 2.05) is 6.07 Å². The number of hydrogen-bond acceptors (Lipinski definition) is 3. The molecule has 2 amide bonds. The molecule has 0 aromatic heterocycles. The van der Waals surface area contributed by atoms with Crippen molar-refractivity contribution in [3.8, 4) is 5.75 Å². The van der Waals surface area contributed by atoms with Crippen LogP contribution in [0.3, 0.4) is 0 Å². The number of rotatable bonds is 3. The van der Waals surface area contributed by atoms with Crippen molar-refractivity contribution in [2.75, 3.05) is 26.7 Å². The third-order valence-electron chi connectivity index (χ3n) is 3.64. The SMILES string of the molecule is COc1ccc(CN2CC3(CNC(=O)N3)C2)cc1F. The zero-order valence-electron chi connectivity index (χ0n) is 10.7. The summed E-state index contributed by atoms with van der Waals surface area (Å²) in [5.74, 6) is -0.0813. The molecule has 19 heavy (non-hydrogen) atoms. The lowest BCUT2D eigenvalue weighted by atomic mass is 9.90. The Kier molecular flexibility index (Phi) is 2.82. The van der Waals surface area contributed by atoms with Crippen molar-refractivity contribution in [3.05, 3.63) is 29.6 Å². The van der Waals surface area contributed by atoms with E-state index in [0.29, 0.717) is 13.1 Å². The number of benzene rings is 1. The summed E-state index contributed by atoms with van der Waals surface area (Å²) in [6.45, 7) is 2.93. The number of methoxy groups -OCH3 is 1. The number of ether oxygens (including phenoxy) is 1. The van der Waals surface area contributed by atoms with E-state index < -0.39 is 0 Å². The standard InChI is InChI=1S/C13H16FN3O2/c1-19-11-3-2-9(4-10(11)14)5-17-7-13(8-17)6-15-12(18)16-13/h2-4H,5-8H2,1H3,(H2,15,16,18). The first-order valence-corrected chi connectivity index (χ1v) is 6.21. The Hall–Kier alpha value is -1.82. The fourth-order valence-corrected chi connectivity index (χ4v) is 2.76. The molecule has 5 nitrogen and oxygen atoms in total. The van der Waals surface area contributed by atoms with Gasteiger partial charge >= 0.3 is 6.03 Å². The molecule has 2 fully saturated rings. The van der Waals surface area contributed by atoms with Crippen molar-refractivity contribution in [1.82, 2.24) is 15.5 Å². The fourth-order valence-electron chi connectivity index (χ4n) is 2.76. The van der Waals surface area contributed by atoms with Crippen molar-refractivity contribution < 1.29 is 13.9 Å². The second-order valence-corrected chi connectivity index (χ2v) is 5.20. The number of hydrogen-bond donors (Lipinski definition) is 2. The highest BCUT2D eigenvalue weighted by Gasteiger charge is 2.47. The summed E-state index contributed by atoms with van der Waals surface area (Å²) < 4.78 is 18.4. The number of urea groups is 1. The Labute approximate surface area is 110 Å². The Morgan fingerprint density at radius 2 is 2.26 bits per heavy atom. The monoisotopic (exact) mass is 265 g/mol. The van der Waals surface area contributed by atoms with Crippen LogP contribution in [-0.2, 0) is 6.54 Å². The maximum absolute atomic E-state index is 13.6. The van der Waals surface area contributed by atoms with Crippen LogP contribution in [0.2, 0.25) is 0 Å². The van der Waals surface area contributed by atoms with E-state index in [2.05, 4.69) is 15.5 Å². The molecule has 0 unspecified atom stereocenters. The Bertz CT molecular complexity index is 515. The Morgan fingerprint density at radius 1 is 1.47 bits per heavy atom. The number of carbonyl (C=O) groups is 1. The third-order valence-corrected chi connectivity index (χ3v) is 3.64. The summed E-state index contributed by atoms with van der Waals surface area (Å²) in [5.41, 5.74) is 0.785. The van der Waals surface area contributed by atoms with Gasteiger partial charge in [0.2, 0.25) is 0 Å². The number of nitrogens with zero attached hydrogens (tertiary/aromatic N) is 1. The van der Waals surface area contributed by atoms with Crippen molar-refractivity contribution in [2.24, 2.45) is 0 Å². The van der Waals surface area contributed by atoms with Crippen LogP contribution in [0.5, 0.6) is 5.75 Å². The molecule has 1 aromatic rings. The summed E-state index contributed by atoms with van der Waals surface area (Å²) in [6.07, 6.45) is 0. The lowest BCUT2D eigenvalue weighted by Gasteiger charge is -2.47. The van der Waals surface area contributed by atoms with Gasteiger partial charge in [-0.1, -0.05) is 6.07 Å². The van der Waals surface area contributed by atoms with Crippen LogP contribution < -0.4 is 15.4 Å². The highest BCUT2D eigenvalue weighted by molar-refractivity contribution is 5.78.